The molecule has 4 nitrogen and oxygen atoms in total. The van der Waals surface area contributed by atoms with Gasteiger partial charge in [-0.15, -0.1) is 0 Å². The van der Waals surface area contributed by atoms with E-state index in [-0.39, 0.29) is 23.7 Å². The minimum atomic E-state index is -0.220. The van der Waals surface area contributed by atoms with Crippen LogP contribution in [0.25, 0.3) is 16.5 Å². The summed E-state index contributed by atoms with van der Waals surface area (Å²) >= 11 is 0. The molecule has 2 atom stereocenters. The van der Waals surface area contributed by atoms with Crippen LogP contribution >= 0.6 is 0 Å². The van der Waals surface area contributed by atoms with Crippen molar-refractivity contribution in [3.63, 3.8) is 0 Å². The molecule has 2 heterocycles. The highest BCUT2D eigenvalue weighted by molar-refractivity contribution is 5.99. The third-order valence-corrected chi connectivity index (χ3v) is 6.79. The summed E-state index contributed by atoms with van der Waals surface area (Å²) in [7, 11) is 0. The largest absolute Gasteiger partial charge is 0.361 e. The van der Waals surface area contributed by atoms with E-state index in [0.717, 1.165) is 17.5 Å². The van der Waals surface area contributed by atoms with Crippen molar-refractivity contribution < 1.29 is 9.18 Å². The quantitative estimate of drug-likeness (QED) is 0.658. The SMILES string of the molecule is CCN(CC)C(=O)[C@@H]1C=C2c3cccc4[nH]cc(c34)CC2N(Cc2cccc(F)c2)C1. The molecule has 3 aromatic rings. The molecule has 0 saturated carbocycles. The number of aromatic amines is 1. The average Bonchev–Trinajstić information content (AvgIpc) is 3.19. The lowest BCUT2D eigenvalue weighted by Crippen LogP contribution is -2.48. The molecule has 1 amide bonds. The van der Waals surface area contributed by atoms with Crippen LogP contribution in [0.3, 0.4) is 0 Å². The number of H-pyrrole nitrogens is 1. The van der Waals surface area contributed by atoms with Gasteiger partial charge in [-0.3, -0.25) is 9.69 Å². The van der Waals surface area contributed by atoms with Crippen LogP contribution in [0.1, 0.15) is 30.5 Å². The second kappa shape index (κ2) is 7.97. The first kappa shape index (κ1) is 20.0. The number of amides is 1. The predicted molar refractivity (Wildman–Crippen MR) is 122 cm³/mol. The Kier molecular flexibility index (Phi) is 5.14. The Labute approximate surface area is 182 Å². The topological polar surface area (TPSA) is 39.3 Å². The van der Waals surface area contributed by atoms with Gasteiger partial charge in [0.2, 0.25) is 5.91 Å². The maximum atomic E-state index is 13.9. The molecule has 0 radical (unpaired) electrons. The number of nitrogens with one attached hydrogen (secondary N) is 1. The molecular formula is C26H28FN3O. The Hall–Kier alpha value is -2.92. The van der Waals surface area contributed by atoms with Gasteiger partial charge in [-0.05, 0) is 60.7 Å². The summed E-state index contributed by atoms with van der Waals surface area (Å²) in [5.41, 5.74) is 5.83. The summed E-state index contributed by atoms with van der Waals surface area (Å²) < 4.78 is 13.9. The molecule has 1 aliphatic carbocycles. The van der Waals surface area contributed by atoms with Gasteiger partial charge in [-0.2, -0.15) is 0 Å². The molecule has 2 aliphatic rings. The van der Waals surface area contributed by atoms with Crippen LogP contribution in [0.15, 0.2) is 54.7 Å². The number of halogens is 1. The normalized spacial score (nSPS) is 20.4. The molecule has 1 unspecified atom stereocenters. The molecule has 0 fully saturated rings. The number of carbonyl (C=O) groups excluding carboxylic acids is 1. The smallest absolute Gasteiger partial charge is 0.230 e. The average molecular weight is 418 g/mol. The maximum Gasteiger partial charge on any atom is 0.230 e. The second-order valence-corrected chi connectivity index (χ2v) is 8.56. The summed E-state index contributed by atoms with van der Waals surface area (Å²) in [4.78, 5) is 21.0. The standard InChI is InChI=1S/C26H28FN3O/c1-3-29(4-2)26(31)19-12-22-21-9-6-10-23-25(21)18(14-28-23)13-24(22)30(16-19)15-17-7-5-8-20(27)11-17/h5-12,14,19,24,28H,3-4,13,15-16H2,1-2H3/t19-,24?/m1/s1. The van der Waals surface area contributed by atoms with Crippen LogP contribution < -0.4 is 0 Å². The van der Waals surface area contributed by atoms with E-state index in [0.29, 0.717) is 26.2 Å². The second-order valence-electron chi connectivity index (χ2n) is 8.56. The molecule has 2 aromatic carbocycles. The first-order valence-corrected chi connectivity index (χ1v) is 11.2. The molecule has 31 heavy (non-hydrogen) atoms. The Bertz CT molecular complexity index is 1160. The van der Waals surface area contributed by atoms with Crippen molar-refractivity contribution in [1.29, 1.82) is 0 Å². The lowest BCUT2D eigenvalue weighted by molar-refractivity contribution is -0.134. The lowest BCUT2D eigenvalue weighted by Gasteiger charge is -2.42. The van der Waals surface area contributed by atoms with Gasteiger partial charge in [0, 0.05) is 49.3 Å². The van der Waals surface area contributed by atoms with E-state index in [2.05, 4.69) is 40.4 Å². The van der Waals surface area contributed by atoms with Crippen molar-refractivity contribution in [2.45, 2.75) is 32.9 Å². The molecule has 1 aliphatic heterocycles. The summed E-state index contributed by atoms with van der Waals surface area (Å²) in [6.45, 7) is 6.74. The molecular weight excluding hydrogens is 389 g/mol. The van der Waals surface area contributed by atoms with Crippen molar-refractivity contribution >= 4 is 22.4 Å². The Morgan fingerprint density at radius 2 is 2.00 bits per heavy atom. The van der Waals surface area contributed by atoms with Crippen LogP contribution in [-0.4, -0.2) is 46.4 Å². The van der Waals surface area contributed by atoms with Crippen LogP contribution in [0.5, 0.6) is 0 Å². The molecule has 0 saturated heterocycles. The van der Waals surface area contributed by atoms with Crippen molar-refractivity contribution in [3.8, 4) is 0 Å². The molecule has 1 N–H and O–H groups in total. The van der Waals surface area contributed by atoms with E-state index < -0.39 is 0 Å². The van der Waals surface area contributed by atoms with Crippen LogP contribution in [0.2, 0.25) is 0 Å². The van der Waals surface area contributed by atoms with Crippen molar-refractivity contribution in [2.75, 3.05) is 19.6 Å². The highest BCUT2D eigenvalue weighted by atomic mass is 19.1. The van der Waals surface area contributed by atoms with E-state index in [1.807, 2.05) is 24.8 Å². The fourth-order valence-corrected chi connectivity index (χ4v) is 5.29. The number of benzene rings is 2. The van der Waals surface area contributed by atoms with E-state index in [9.17, 15) is 9.18 Å². The predicted octanol–water partition coefficient (Wildman–Crippen LogP) is 4.62. The van der Waals surface area contributed by atoms with Crippen molar-refractivity contribution in [3.05, 3.63) is 77.2 Å². The minimum absolute atomic E-state index is 0.173. The Morgan fingerprint density at radius 1 is 1.19 bits per heavy atom. The molecule has 5 heteroatoms. The lowest BCUT2D eigenvalue weighted by atomic mass is 9.79. The number of rotatable bonds is 5. The zero-order valence-corrected chi connectivity index (χ0v) is 18.1. The fraction of sp³-hybridized carbons (Fsp3) is 0.346. The summed E-state index contributed by atoms with van der Waals surface area (Å²) in [5.74, 6) is -0.245. The van der Waals surface area contributed by atoms with Gasteiger partial charge < -0.3 is 9.88 Å². The number of nitrogens with zero attached hydrogens (tertiary/aromatic N) is 2. The van der Waals surface area contributed by atoms with Crippen LogP contribution in [0, 0.1) is 11.7 Å². The summed E-state index contributed by atoms with van der Waals surface area (Å²) in [6, 6.07) is 13.3. The number of fused-ring (bicyclic) bond motifs is 2. The fourth-order valence-electron chi connectivity index (χ4n) is 5.29. The zero-order chi connectivity index (χ0) is 21.5. The van der Waals surface area contributed by atoms with Gasteiger partial charge in [-0.25, -0.2) is 4.39 Å². The van der Waals surface area contributed by atoms with E-state index in [4.69, 9.17) is 0 Å². The highest BCUT2D eigenvalue weighted by Gasteiger charge is 2.38. The van der Waals surface area contributed by atoms with E-state index >= 15 is 0 Å². The first-order chi connectivity index (χ1) is 15.1. The molecule has 160 valence electrons. The van der Waals surface area contributed by atoms with Crippen LogP contribution in [0.4, 0.5) is 4.39 Å². The van der Waals surface area contributed by atoms with Crippen LogP contribution in [-0.2, 0) is 17.8 Å². The molecule has 0 spiro atoms. The summed E-state index contributed by atoms with van der Waals surface area (Å²) in [6.07, 6.45) is 5.21. The van der Waals surface area contributed by atoms with Crippen molar-refractivity contribution in [2.24, 2.45) is 5.92 Å². The van der Waals surface area contributed by atoms with Gasteiger partial charge >= 0.3 is 0 Å². The van der Waals surface area contributed by atoms with Gasteiger partial charge in [0.1, 0.15) is 5.82 Å². The maximum absolute atomic E-state index is 13.9. The first-order valence-electron chi connectivity index (χ1n) is 11.2. The third-order valence-electron chi connectivity index (χ3n) is 6.79. The highest BCUT2D eigenvalue weighted by Crippen LogP contribution is 2.42. The Balaban J connectivity index is 1.58. The molecule has 5 rings (SSSR count). The summed E-state index contributed by atoms with van der Waals surface area (Å²) in [5, 5.41) is 1.27. The van der Waals surface area contributed by atoms with Gasteiger partial charge in [0.25, 0.3) is 0 Å². The number of hydrogen-bond acceptors (Lipinski definition) is 2. The monoisotopic (exact) mass is 417 g/mol. The number of hydrogen-bond donors (Lipinski definition) is 1. The van der Waals surface area contributed by atoms with Crippen molar-refractivity contribution in [1.82, 2.24) is 14.8 Å². The van der Waals surface area contributed by atoms with Gasteiger partial charge in [0.05, 0.1) is 5.92 Å². The van der Waals surface area contributed by atoms with E-state index in [1.165, 1.54) is 28.2 Å². The third kappa shape index (κ3) is 3.47. The molecule has 1 aromatic heterocycles. The minimum Gasteiger partial charge on any atom is -0.361 e. The van der Waals surface area contributed by atoms with E-state index in [1.54, 1.807) is 12.1 Å². The van der Waals surface area contributed by atoms with Gasteiger partial charge in [-0.1, -0.05) is 30.3 Å². The Morgan fingerprint density at radius 3 is 2.77 bits per heavy atom. The number of aromatic nitrogens is 1. The number of carbonyl (C=O) groups is 1. The zero-order valence-electron chi connectivity index (χ0n) is 18.1. The molecule has 0 bridgehead atoms. The van der Waals surface area contributed by atoms with Gasteiger partial charge in [0.15, 0.2) is 0 Å².